The summed E-state index contributed by atoms with van der Waals surface area (Å²) in [5, 5.41) is 2.63. The van der Waals surface area contributed by atoms with Gasteiger partial charge in [-0.25, -0.2) is 4.98 Å². The molecule has 7 rings (SSSR count). The molecule has 1 saturated heterocycles. The van der Waals surface area contributed by atoms with E-state index in [1.54, 1.807) is 18.4 Å². The molecule has 3 aliphatic rings. The summed E-state index contributed by atoms with van der Waals surface area (Å²) in [7, 11) is 0. The second-order valence-electron chi connectivity index (χ2n) is 12.5. The van der Waals surface area contributed by atoms with Crippen LogP contribution in [0.5, 0.6) is 11.6 Å². The summed E-state index contributed by atoms with van der Waals surface area (Å²) in [4.78, 5) is 36.7. The third kappa shape index (κ3) is 7.93. The molecule has 0 aliphatic carbocycles. The monoisotopic (exact) mass is 699 g/mol. The van der Waals surface area contributed by atoms with Gasteiger partial charge in [-0.2, -0.15) is 13.2 Å². The highest BCUT2D eigenvalue weighted by molar-refractivity contribution is 6.04. The highest BCUT2D eigenvalue weighted by atomic mass is 19.4. The van der Waals surface area contributed by atoms with E-state index in [0.29, 0.717) is 43.4 Å². The fourth-order valence-electron chi connectivity index (χ4n) is 6.59. The lowest BCUT2D eigenvalue weighted by Gasteiger charge is -2.39. The summed E-state index contributed by atoms with van der Waals surface area (Å²) in [6.45, 7) is 3.85. The first-order chi connectivity index (χ1) is 24.7. The number of carbonyl (C=O) groups excluding carboxylic acids is 2. The van der Waals surface area contributed by atoms with Gasteiger partial charge in [-0.15, -0.1) is 0 Å². The molecule has 1 aromatic heterocycles. The zero-order valence-electron chi connectivity index (χ0n) is 27.6. The average Bonchev–Trinajstić information content (AvgIpc) is 3.83. The van der Waals surface area contributed by atoms with Gasteiger partial charge in [0.25, 0.3) is 5.91 Å². The van der Waals surface area contributed by atoms with Crippen LogP contribution in [-0.4, -0.2) is 78.7 Å². The Balaban J connectivity index is 0.930. The number of piperazine rings is 1. The van der Waals surface area contributed by atoms with E-state index in [1.807, 2.05) is 41.3 Å². The number of aromatic nitrogens is 1. The van der Waals surface area contributed by atoms with E-state index < -0.39 is 17.6 Å². The van der Waals surface area contributed by atoms with Gasteiger partial charge in [-0.3, -0.25) is 14.5 Å². The first-order valence-electron chi connectivity index (χ1n) is 16.7. The molecule has 0 spiro atoms. The van der Waals surface area contributed by atoms with Crippen molar-refractivity contribution >= 4 is 23.2 Å². The lowest BCUT2D eigenvalue weighted by atomic mass is 10.0. The summed E-state index contributed by atoms with van der Waals surface area (Å²) in [5.41, 5.74) is 2.75. The van der Waals surface area contributed by atoms with Gasteiger partial charge in [-0.1, -0.05) is 36.4 Å². The molecule has 13 heteroatoms. The Bertz CT molecular complexity index is 1880. The highest BCUT2D eigenvalue weighted by Gasteiger charge is 2.33. The van der Waals surface area contributed by atoms with Crippen LogP contribution >= 0.6 is 0 Å². The van der Waals surface area contributed by atoms with Gasteiger partial charge in [0, 0.05) is 55.6 Å². The van der Waals surface area contributed by atoms with E-state index in [2.05, 4.69) is 32.2 Å². The average molecular weight is 700 g/mol. The maximum absolute atomic E-state index is 13.5. The van der Waals surface area contributed by atoms with E-state index in [-0.39, 0.29) is 30.9 Å². The number of rotatable bonds is 10. The van der Waals surface area contributed by atoms with Crippen molar-refractivity contribution in [2.45, 2.75) is 25.1 Å². The zero-order chi connectivity index (χ0) is 35.4. The minimum absolute atomic E-state index is 0.0354. The predicted octanol–water partition coefficient (Wildman–Crippen LogP) is 6.11. The quantitative estimate of drug-likeness (QED) is 0.212. The Morgan fingerprint density at radius 3 is 2.37 bits per heavy atom. The van der Waals surface area contributed by atoms with Crippen molar-refractivity contribution in [3.63, 3.8) is 0 Å². The van der Waals surface area contributed by atoms with Gasteiger partial charge in [0.15, 0.2) is 5.76 Å². The van der Waals surface area contributed by atoms with Crippen LogP contribution < -0.4 is 15.0 Å². The molecular weight excluding hydrogens is 663 g/mol. The number of carbonyl (C=O) groups is 2. The molecule has 1 fully saturated rings. The van der Waals surface area contributed by atoms with E-state index in [4.69, 9.17) is 14.2 Å². The molecule has 10 nitrogen and oxygen atoms in total. The molecule has 264 valence electrons. The number of anilines is 2. The van der Waals surface area contributed by atoms with Crippen LogP contribution in [0.4, 0.5) is 24.5 Å². The number of ether oxygens (including phenoxy) is 3. The van der Waals surface area contributed by atoms with Crippen molar-refractivity contribution in [3.05, 3.63) is 125 Å². The fourth-order valence-corrected chi connectivity index (χ4v) is 6.59. The molecular formula is C38H36F3N5O5. The number of amides is 2. The highest BCUT2D eigenvalue weighted by Crippen LogP contribution is 2.37. The molecule has 1 atom stereocenters. The van der Waals surface area contributed by atoms with Crippen LogP contribution in [0.15, 0.2) is 103 Å². The number of nitrogens with zero attached hydrogens (tertiary/aromatic N) is 4. The SMILES string of the molecule is O=C(Nc1ccc(Oc2cccc3c2CCN3CC(=O)N2CCN(C(Cc3ccccc3)C3=COCO3)CC2)nc1)c1ccc(C(F)(F)F)cc1. The van der Waals surface area contributed by atoms with Gasteiger partial charge in [-0.05, 0) is 60.9 Å². The topological polar surface area (TPSA) is 96.5 Å². The van der Waals surface area contributed by atoms with Gasteiger partial charge in [0.2, 0.25) is 18.6 Å². The zero-order valence-corrected chi connectivity index (χ0v) is 27.6. The predicted molar refractivity (Wildman–Crippen MR) is 183 cm³/mol. The Morgan fingerprint density at radius 2 is 1.69 bits per heavy atom. The molecule has 3 aromatic carbocycles. The summed E-state index contributed by atoms with van der Waals surface area (Å²) >= 11 is 0. The molecule has 1 unspecified atom stereocenters. The minimum Gasteiger partial charge on any atom is -0.462 e. The molecule has 3 aliphatic heterocycles. The molecule has 4 heterocycles. The molecule has 1 N–H and O–H groups in total. The van der Waals surface area contributed by atoms with Crippen LogP contribution in [0.1, 0.15) is 27.0 Å². The van der Waals surface area contributed by atoms with Crippen molar-refractivity contribution in [2.75, 3.05) is 56.3 Å². The van der Waals surface area contributed by atoms with Gasteiger partial charge >= 0.3 is 6.18 Å². The first-order valence-corrected chi connectivity index (χ1v) is 16.7. The summed E-state index contributed by atoms with van der Waals surface area (Å²) in [5.74, 6) is 1.26. The second-order valence-corrected chi connectivity index (χ2v) is 12.5. The molecule has 0 saturated carbocycles. The molecule has 0 radical (unpaired) electrons. The lowest BCUT2D eigenvalue weighted by molar-refractivity contribution is -0.137. The number of nitrogens with one attached hydrogen (secondary N) is 1. The van der Waals surface area contributed by atoms with E-state index >= 15 is 0 Å². The fraction of sp³-hybridized carbons (Fsp3) is 0.289. The standard InChI is InChI=1S/C38H36F3N5O5/c39-38(40,41)28-11-9-27(10-12-28)37(48)43-29-13-14-35(42-22-29)51-33-8-4-7-31-30(33)15-16-46(31)23-36(47)45-19-17-44(18-20-45)32(34-24-49-25-50-34)21-26-5-2-1-3-6-26/h1-14,22,24,32H,15-21,23,25H2,(H,43,48). The molecule has 0 bridgehead atoms. The van der Waals surface area contributed by atoms with E-state index in [1.165, 1.54) is 11.8 Å². The van der Waals surface area contributed by atoms with Gasteiger partial charge < -0.3 is 29.3 Å². The summed E-state index contributed by atoms with van der Waals surface area (Å²) in [6.07, 6.45) is 0.135. The van der Waals surface area contributed by atoms with Crippen molar-refractivity contribution in [1.82, 2.24) is 14.8 Å². The normalized spacial score (nSPS) is 16.5. The van der Waals surface area contributed by atoms with Gasteiger partial charge in [0.1, 0.15) is 12.0 Å². The van der Waals surface area contributed by atoms with Crippen molar-refractivity contribution < 1.29 is 37.0 Å². The minimum atomic E-state index is -4.48. The third-order valence-corrected chi connectivity index (χ3v) is 9.29. The largest absolute Gasteiger partial charge is 0.462 e. The lowest BCUT2D eigenvalue weighted by Crippen LogP contribution is -2.54. The summed E-state index contributed by atoms with van der Waals surface area (Å²) < 4.78 is 55.8. The van der Waals surface area contributed by atoms with E-state index in [0.717, 1.165) is 60.8 Å². The van der Waals surface area contributed by atoms with Crippen LogP contribution in [0.3, 0.4) is 0 Å². The van der Waals surface area contributed by atoms with Crippen molar-refractivity contribution in [1.29, 1.82) is 0 Å². The summed E-state index contributed by atoms with van der Waals surface area (Å²) in [6, 6.07) is 23.2. The second kappa shape index (κ2) is 14.7. The third-order valence-electron chi connectivity index (χ3n) is 9.29. The number of hydrogen-bond donors (Lipinski definition) is 1. The smallest absolute Gasteiger partial charge is 0.416 e. The Kier molecular flexibility index (Phi) is 9.80. The first kappa shape index (κ1) is 33.9. The van der Waals surface area contributed by atoms with Crippen LogP contribution in [0, 0.1) is 0 Å². The van der Waals surface area contributed by atoms with Crippen LogP contribution in [0.2, 0.25) is 0 Å². The maximum Gasteiger partial charge on any atom is 0.416 e. The van der Waals surface area contributed by atoms with E-state index in [9.17, 15) is 22.8 Å². The number of fused-ring (bicyclic) bond motifs is 1. The number of halogens is 3. The van der Waals surface area contributed by atoms with Crippen molar-refractivity contribution in [3.8, 4) is 11.6 Å². The Morgan fingerprint density at radius 1 is 0.902 bits per heavy atom. The van der Waals surface area contributed by atoms with Crippen molar-refractivity contribution in [2.24, 2.45) is 0 Å². The Labute approximate surface area is 293 Å². The van der Waals surface area contributed by atoms with Crippen LogP contribution in [-0.2, 0) is 33.3 Å². The van der Waals surface area contributed by atoms with Gasteiger partial charge in [0.05, 0.1) is 30.0 Å². The molecule has 2 amide bonds. The maximum atomic E-state index is 13.5. The number of alkyl halides is 3. The number of hydrogen-bond acceptors (Lipinski definition) is 8. The number of pyridine rings is 1. The van der Waals surface area contributed by atoms with Crippen LogP contribution in [0.25, 0.3) is 0 Å². The molecule has 4 aromatic rings. The molecule has 51 heavy (non-hydrogen) atoms. The Hall–Kier alpha value is -5.56. The number of benzene rings is 3.